The van der Waals surface area contributed by atoms with Gasteiger partial charge in [0, 0.05) is 48.9 Å². The van der Waals surface area contributed by atoms with Gasteiger partial charge in [-0.2, -0.15) is 33.3 Å². The Morgan fingerprint density at radius 2 is 1.32 bits per heavy atom. The fraction of sp³-hybridized carbons (Fsp3) is 0.226. The first-order valence-electron chi connectivity index (χ1n) is 20.9. The Morgan fingerprint density at radius 3 is 1.92 bits per heavy atom. The third kappa shape index (κ3) is 9.26. The summed E-state index contributed by atoms with van der Waals surface area (Å²) in [5, 5.41) is 1.87. The number of nitrogens with zero attached hydrogens (tertiary/aromatic N) is 4. The Balaban J connectivity index is 0.000000295. The number of hydrogen-bond acceptors (Lipinski definition) is 4. The van der Waals surface area contributed by atoms with Crippen molar-refractivity contribution in [3.63, 3.8) is 0 Å². The molecule has 0 unspecified atom stereocenters. The van der Waals surface area contributed by atoms with Crippen molar-refractivity contribution in [2.45, 2.75) is 77.8 Å². The number of benzene rings is 5. The van der Waals surface area contributed by atoms with Crippen LogP contribution in [0.4, 0.5) is 26.3 Å². The van der Waals surface area contributed by atoms with Gasteiger partial charge >= 0.3 is 12.1 Å². The van der Waals surface area contributed by atoms with Crippen LogP contribution in [-0.4, -0.2) is 25.7 Å². The summed E-state index contributed by atoms with van der Waals surface area (Å²) in [6.45, 7) is 15.2. The third-order valence-corrected chi connectivity index (χ3v) is 12.4. The van der Waals surface area contributed by atoms with Crippen LogP contribution in [0, 0.1) is 17.9 Å². The van der Waals surface area contributed by atoms with E-state index in [1.807, 2.05) is 48.7 Å². The van der Waals surface area contributed by atoms with Crippen LogP contribution in [0.1, 0.15) is 82.6 Å². The fourth-order valence-corrected chi connectivity index (χ4v) is 8.88. The molecule has 0 spiro atoms. The topological polar surface area (TPSA) is 43.6 Å². The standard InChI is InChI=1S/C38H29F5N3S.C15H15FN.Ir/c1-21(2)25-9-7-10-26(22(3)4)33(25)46-32-14-6-5-13-31(32)44-35(46)29-12-8-11-27-28-19-20-30(45-36(28)47-34(27)29)23-15-17-24(18-16-23)37(39,40)38(41,42)43;1-15(2,3)12-6-9-14(17-10-12)11-4-7-13(16)8-5-11;/h5-11,13-22H,1-4H3;4,6-10H,1-3H3;/q2*-1;. The molecule has 335 valence electrons. The number of rotatable bonds is 7. The van der Waals surface area contributed by atoms with E-state index in [0.717, 1.165) is 67.0 Å². The third-order valence-electron chi connectivity index (χ3n) is 11.2. The van der Waals surface area contributed by atoms with Gasteiger partial charge in [0.25, 0.3) is 0 Å². The van der Waals surface area contributed by atoms with Crippen molar-refractivity contribution in [1.29, 1.82) is 0 Å². The molecule has 0 N–H and O–H groups in total. The molecule has 0 saturated carbocycles. The molecule has 0 aliphatic carbocycles. The zero-order valence-electron chi connectivity index (χ0n) is 36.6. The van der Waals surface area contributed by atoms with Gasteiger partial charge in [-0.1, -0.05) is 132 Å². The molecule has 5 aromatic carbocycles. The predicted octanol–water partition coefficient (Wildman–Crippen LogP) is 15.8. The van der Waals surface area contributed by atoms with E-state index < -0.39 is 17.7 Å². The zero-order valence-corrected chi connectivity index (χ0v) is 39.8. The van der Waals surface area contributed by atoms with Crippen molar-refractivity contribution in [3.8, 4) is 39.6 Å². The maximum absolute atomic E-state index is 13.9. The number of imidazole rings is 1. The largest absolute Gasteiger partial charge is 0.458 e. The summed E-state index contributed by atoms with van der Waals surface area (Å²) < 4.78 is 82.4. The minimum Gasteiger partial charge on any atom is -0.333 e. The van der Waals surface area contributed by atoms with Crippen LogP contribution in [0.25, 0.3) is 70.9 Å². The molecule has 0 bridgehead atoms. The molecule has 4 aromatic heterocycles. The summed E-state index contributed by atoms with van der Waals surface area (Å²) in [7, 11) is 0. The average molecular weight is 1080 g/mol. The van der Waals surface area contributed by atoms with E-state index in [1.54, 1.807) is 12.1 Å². The molecule has 0 atom stereocenters. The van der Waals surface area contributed by atoms with E-state index in [2.05, 4.69) is 100 Å². The van der Waals surface area contributed by atoms with Crippen LogP contribution < -0.4 is 0 Å². The van der Waals surface area contributed by atoms with Gasteiger partial charge in [0.2, 0.25) is 0 Å². The summed E-state index contributed by atoms with van der Waals surface area (Å²) >= 11 is 1.47. The molecule has 0 saturated heterocycles. The Morgan fingerprint density at radius 1 is 0.662 bits per heavy atom. The van der Waals surface area contributed by atoms with Gasteiger partial charge in [0.15, 0.2) is 0 Å². The van der Waals surface area contributed by atoms with Crippen LogP contribution >= 0.6 is 11.3 Å². The normalized spacial score (nSPS) is 12.2. The molecule has 12 heteroatoms. The van der Waals surface area contributed by atoms with Gasteiger partial charge < -0.3 is 9.55 Å². The van der Waals surface area contributed by atoms with Gasteiger partial charge in [-0.15, -0.1) is 48.0 Å². The molecule has 0 amide bonds. The summed E-state index contributed by atoms with van der Waals surface area (Å²) in [6, 6.07) is 41.0. The van der Waals surface area contributed by atoms with E-state index in [-0.39, 0.29) is 43.2 Å². The number of pyridine rings is 2. The maximum Gasteiger partial charge on any atom is 0.458 e. The van der Waals surface area contributed by atoms with Gasteiger partial charge in [-0.25, -0.2) is 4.98 Å². The number of hydrogen-bond donors (Lipinski definition) is 0. The second kappa shape index (κ2) is 18.3. The number of thiophene rings is 1. The van der Waals surface area contributed by atoms with E-state index in [4.69, 9.17) is 9.97 Å². The quantitative estimate of drug-likeness (QED) is 0.118. The zero-order chi connectivity index (χ0) is 45.7. The second-order valence-electron chi connectivity index (χ2n) is 17.4. The Labute approximate surface area is 391 Å². The van der Waals surface area contributed by atoms with Crippen molar-refractivity contribution in [2.75, 3.05) is 0 Å². The molecule has 65 heavy (non-hydrogen) atoms. The molecule has 9 aromatic rings. The van der Waals surface area contributed by atoms with E-state index in [1.165, 1.54) is 52.3 Å². The van der Waals surface area contributed by atoms with Gasteiger partial charge in [0.05, 0.1) is 22.6 Å². The average Bonchev–Trinajstić information content (AvgIpc) is 3.84. The fourth-order valence-electron chi connectivity index (χ4n) is 7.72. The molecule has 0 aliphatic heterocycles. The maximum atomic E-state index is 13.9. The molecule has 1 radical (unpaired) electrons. The number of aromatic nitrogens is 4. The minimum atomic E-state index is -5.68. The summed E-state index contributed by atoms with van der Waals surface area (Å²) in [5.74, 6) is -3.93. The molecule has 0 aliphatic rings. The number of halogens is 6. The van der Waals surface area contributed by atoms with Crippen molar-refractivity contribution in [1.82, 2.24) is 19.5 Å². The molecular formula is C53H44F6IrN4S-2. The van der Waals surface area contributed by atoms with E-state index in [0.29, 0.717) is 16.1 Å². The van der Waals surface area contributed by atoms with E-state index >= 15 is 0 Å². The summed E-state index contributed by atoms with van der Waals surface area (Å²) in [5.41, 5.74) is 8.94. The number of alkyl halides is 5. The van der Waals surface area contributed by atoms with Gasteiger partial charge in [-0.05, 0) is 67.9 Å². The predicted molar refractivity (Wildman–Crippen MR) is 247 cm³/mol. The van der Waals surface area contributed by atoms with E-state index in [9.17, 15) is 26.3 Å². The SMILES string of the molecule is CC(C)(C)c1ccc(-c2[c-]cc(F)cc2)nc1.CC(C)c1cccc(C(C)C)c1-n1c(-c2[c-]ccc3c2sc2nc(-c4ccc(C(F)(F)C(F)(F)F)cc4)ccc23)nc2ccccc21.[Ir]. The Kier molecular flexibility index (Phi) is 13.3. The van der Waals surface area contributed by atoms with Crippen molar-refractivity contribution in [3.05, 3.63) is 168 Å². The number of para-hydroxylation sites is 3. The Hall–Kier alpha value is -5.68. The first-order valence-corrected chi connectivity index (χ1v) is 21.7. The van der Waals surface area contributed by atoms with Crippen LogP contribution in [0.5, 0.6) is 0 Å². The van der Waals surface area contributed by atoms with Crippen molar-refractivity contribution < 1.29 is 46.4 Å². The second-order valence-corrected chi connectivity index (χ2v) is 18.4. The Bertz CT molecular complexity index is 3080. The summed E-state index contributed by atoms with van der Waals surface area (Å²) in [6.07, 6.45) is -3.81. The first-order chi connectivity index (χ1) is 30.3. The first kappa shape index (κ1) is 47.3. The van der Waals surface area contributed by atoms with Crippen molar-refractivity contribution in [2.24, 2.45) is 0 Å². The van der Waals surface area contributed by atoms with Crippen molar-refractivity contribution >= 4 is 42.7 Å². The molecule has 0 fully saturated rings. The monoisotopic (exact) mass is 1080 g/mol. The molecular weight excluding hydrogens is 1030 g/mol. The van der Waals surface area contributed by atoms with Crippen LogP contribution in [0.2, 0.25) is 0 Å². The van der Waals surface area contributed by atoms with Crippen LogP contribution in [-0.2, 0) is 31.4 Å². The molecule has 4 heterocycles. The van der Waals surface area contributed by atoms with Crippen LogP contribution in [0.3, 0.4) is 0 Å². The smallest absolute Gasteiger partial charge is 0.333 e. The number of fused-ring (bicyclic) bond motifs is 4. The van der Waals surface area contributed by atoms with Gasteiger partial charge in [-0.3, -0.25) is 9.37 Å². The van der Waals surface area contributed by atoms with Crippen LogP contribution in [0.15, 0.2) is 128 Å². The van der Waals surface area contributed by atoms with Gasteiger partial charge in [0.1, 0.15) is 4.83 Å². The molecule has 9 rings (SSSR count). The molecule has 4 nitrogen and oxygen atoms in total. The minimum absolute atomic E-state index is 0. The summed E-state index contributed by atoms with van der Waals surface area (Å²) in [4.78, 5) is 15.1.